The van der Waals surface area contributed by atoms with E-state index in [1.807, 2.05) is 11.9 Å². The molecule has 1 aromatic carbocycles. The van der Waals surface area contributed by atoms with Crippen molar-refractivity contribution >= 4 is 17.8 Å². The normalized spacial score (nSPS) is 23.0. The maximum Gasteiger partial charge on any atom is 0.336 e. The predicted molar refractivity (Wildman–Crippen MR) is 110 cm³/mol. The number of hydrogen-bond acceptors (Lipinski definition) is 4. The summed E-state index contributed by atoms with van der Waals surface area (Å²) in [5.74, 6) is -0.916. The molecule has 0 spiro atoms. The second-order valence-corrected chi connectivity index (χ2v) is 8.40. The molecule has 2 aliphatic carbocycles. The summed E-state index contributed by atoms with van der Waals surface area (Å²) in [5, 5.41) is 12.1. The van der Waals surface area contributed by atoms with Gasteiger partial charge in [-0.05, 0) is 68.9 Å². The van der Waals surface area contributed by atoms with Crippen molar-refractivity contribution in [2.75, 3.05) is 13.6 Å². The van der Waals surface area contributed by atoms with E-state index >= 15 is 0 Å². The molecule has 0 bridgehead atoms. The lowest BCUT2D eigenvalue weighted by molar-refractivity contribution is -0.136. The summed E-state index contributed by atoms with van der Waals surface area (Å²) in [4.78, 5) is 38.1. The highest BCUT2D eigenvalue weighted by atomic mass is 16.4. The Morgan fingerprint density at radius 1 is 1.10 bits per heavy atom. The molecule has 4 N–H and O–H groups in total. The van der Waals surface area contributed by atoms with Crippen molar-refractivity contribution in [1.29, 1.82) is 0 Å². The summed E-state index contributed by atoms with van der Waals surface area (Å²) in [5.41, 5.74) is 6.47. The summed E-state index contributed by atoms with van der Waals surface area (Å²) in [7, 11) is 1.86. The van der Waals surface area contributed by atoms with Gasteiger partial charge in [0.1, 0.15) is 0 Å². The zero-order valence-electron chi connectivity index (χ0n) is 17.0. The molecule has 1 aromatic rings. The van der Waals surface area contributed by atoms with Crippen molar-refractivity contribution in [2.24, 2.45) is 17.6 Å². The van der Waals surface area contributed by atoms with Gasteiger partial charge in [-0.15, -0.1) is 0 Å². The fourth-order valence-corrected chi connectivity index (χ4v) is 4.34. The highest BCUT2D eigenvalue weighted by Gasteiger charge is 2.34. The fourth-order valence-electron chi connectivity index (χ4n) is 4.34. The maximum atomic E-state index is 12.6. The molecule has 7 heteroatoms. The minimum absolute atomic E-state index is 0.00813. The van der Waals surface area contributed by atoms with E-state index in [-0.39, 0.29) is 28.9 Å². The lowest BCUT2D eigenvalue weighted by Crippen LogP contribution is -2.52. The first-order chi connectivity index (χ1) is 13.9. The van der Waals surface area contributed by atoms with Crippen LogP contribution in [-0.4, -0.2) is 53.5 Å². The van der Waals surface area contributed by atoms with Crippen molar-refractivity contribution in [1.82, 2.24) is 10.2 Å². The van der Waals surface area contributed by atoms with Crippen LogP contribution in [0.25, 0.3) is 0 Å². The molecule has 3 rings (SSSR count). The quantitative estimate of drug-likeness (QED) is 0.649. The lowest BCUT2D eigenvalue weighted by atomic mass is 9.78. The summed E-state index contributed by atoms with van der Waals surface area (Å²) >= 11 is 0. The van der Waals surface area contributed by atoms with Gasteiger partial charge in [0.25, 0.3) is 5.91 Å². The van der Waals surface area contributed by atoms with Gasteiger partial charge in [0.15, 0.2) is 0 Å². The first-order valence-electron chi connectivity index (χ1n) is 10.5. The molecule has 0 aliphatic heterocycles. The molecular formula is C22H31N3O4. The number of carboxylic acids is 1. The van der Waals surface area contributed by atoms with Gasteiger partial charge in [0.05, 0.1) is 17.2 Å². The first kappa shape index (κ1) is 21.3. The van der Waals surface area contributed by atoms with Gasteiger partial charge in [0, 0.05) is 19.6 Å². The van der Waals surface area contributed by atoms with Crippen LogP contribution >= 0.6 is 0 Å². The van der Waals surface area contributed by atoms with Gasteiger partial charge in [-0.1, -0.05) is 12.1 Å². The number of amides is 2. The average Bonchev–Trinajstić information content (AvgIpc) is 2.69. The van der Waals surface area contributed by atoms with E-state index in [1.54, 1.807) is 12.1 Å². The van der Waals surface area contributed by atoms with Crippen LogP contribution in [0.4, 0.5) is 0 Å². The first-order valence-corrected chi connectivity index (χ1v) is 10.5. The number of carbonyl (C=O) groups excluding carboxylic acids is 2. The highest BCUT2D eigenvalue weighted by Crippen LogP contribution is 2.32. The van der Waals surface area contributed by atoms with Gasteiger partial charge >= 0.3 is 5.97 Å². The summed E-state index contributed by atoms with van der Waals surface area (Å²) in [6.07, 6.45) is 6.89. The third-order valence-corrected chi connectivity index (χ3v) is 6.61. The SMILES string of the molecule is CN(C(=O)[C@@H](N)C1CCC(CNC(=O)c2ccccc2C(=O)O)CC1)C1CCC1. The van der Waals surface area contributed by atoms with E-state index < -0.39 is 12.0 Å². The molecule has 7 nitrogen and oxygen atoms in total. The third kappa shape index (κ3) is 4.96. The van der Waals surface area contributed by atoms with E-state index in [4.69, 9.17) is 5.73 Å². The minimum atomic E-state index is -1.11. The van der Waals surface area contributed by atoms with Gasteiger partial charge in [0.2, 0.25) is 5.91 Å². The Morgan fingerprint density at radius 2 is 1.72 bits per heavy atom. The number of carbonyl (C=O) groups is 3. The molecule has 0 saturated heterocycles. The standard InChI is InChI=1S/C22H31N3O4/c1-25(16-5-4-6-16)21(27)19(23)15-11-9-14(10-12-15)13-24-20(26)17-7-2-3-8-18(17)22(28)29/h2-3,7-8,14-16,19H,4-6,9-13,23H2,1H3,(H,24,26)(H,28,29)/t14?,15?,19-/m0/s1. The lowest BCUT2D eigenvalue weighted by Gasteiger charge is -2.38. The van der Waals surface area contributed by atoms with E-state index in [1.165, 1.54) is 18.6 Å². The molecule has 2 fully saturated rings. The summed E-state index contributed by atoms with van der Waals surface area (Å²) in [6.45, 7) is 0.505. The fraction of sp³-hybridized carbons (Fsp3) is 0.591. The smallest absolute Gasteiger partial charge is 0.336 e. The van der Waals surface area contributed by atoms with Crippen LogP contribution in [0.5, 0.6) is 0 Å². The monoisotopic (exact) mass is 401 g/mol. The number of carboxylic acid groups (broad SMARTS) is 1. The Bertz CT molecular complexity index is 754. The van der Waals surface area contributed by atoms with Crippen LogP contribution in [-0.2, 0) is 4.79 Å². The van der Waals surface area contributed by atoms with Crippen molar-refractivity contribution < 1.29 is 19.5 Å². The molecule has 2 saturated carbocycles. The topological polar surface area (TPSA) is 113 Å². The van der Waals surface area contributed by atoms with Crippen LogP contribution in [0.1, 0.15) is 65.7 Å². The van der Waals surface area contributed by atoms with Gasteiger partial charge in [-0.25, -0.2) is 4.79 Å². The van der Waals surface area contributed by atoms with E-state index in [0.717, 1.165) is 38.5 Å². The highest BCUT2D eigenvalue weighted by molar-refractivity contribution is 6.04. The molecule has 1 atom stereocenters. The Labute approximate surface area is 171 Å². The Morgan fingerprint density at radius 3 is 2.28 bits per heavy atom. The summed E-state index contributed by atoms with van der Waals surface area (Å²) in [6, 6.07) is 6.13. The van der Waals surface area contributed by atoms with E-state index in [9.17, 15) is 19.5 Å². The van der Waals surface area contributed by atoms with Crippen molar-refractivity contribution in [3.63, 3.8) is 0 Å². The van der Waals surface area contributed by atoms with Crippen LogP contribution in [0.2, 0.25) is 0 Å². The summed E-state index contributed by atoms with van der Waals surface area (Å²) < 4.78 is 0. The molecule has 2 aliphatic rings. The molecule has 2 amide bonds. The number of nitrogens with two attached hydrogens (primary N) is 1. The van der Waals surface area contributed by atoms with Gasteiger partial charge < -0.3 is 21.1 Å². The van der Waals surface area contributed by atoms with Crippen molar-refractivity contribution in [3.05, 3.63) is 35.4 Å². The third-order valence-electron chi connectivity index (χ3n) is 6.61. The number of likely N-dealkylation sites (N-methyl/N-ethyl adjacent to an activating group) is 1. The number of nitrogens with zero attached hydrogens (tertiary/aromatic N) is 1. The number of benzene rings is 1. The van der Waals surface area contributed by atoms with E-state index in [2.05, 4.69) is 5.32 Å². The molecule has 0 radical (unpaired) electrons. The van der Waals surface area contributed by atoms with Crippen LogP contribution in [0, 0.1) is 11.8 Å². The Hall–Kier alpha value is -2.41. The van der Waals surface area contributed by atoms with Gasteiger partial charge in [-0.2, -0.15) is 0 Å². The zero-order valence-corrected chi connectivity index (χ0v) is 17.0. The Kier molecular flexibility index (Phi) is 6.90. The second-order valence-electron chi connectivity index (χ2n) is 8.40. The largest absolute Gasteiger partial charge is 0.478 e. The molecule has 158 valence electrons. The maximum absolute atomic E-state index is 12.6. The predicted octanol–water partition coefficient (Wildman–Crippen LogP) is 2.26. The number of nitrogens with one attached hydrogen (secondary N) is 1. The van der Waals surface area contributed by atoms with Gasteiger partial charge in [-0.3, -0.25) is 9.59 Å². The second kappa shape index (κ2) is 9.39. The molecule has 29 heavy (non-hydrogen) atoms. The number of hydrogen-bond donors (Lipinski definition) is 3. The molecule has 0 unspecified atom stereocenters. The number of aromatic carboxylic acids is 1. The minimum Gasteiger partial charge on any atom is -0.478 e. The van der Waals surface area contributed by atoms with Crippen LogP contribution in [0.3, 0.4) is 0 Å². The molecule has 0 aromatic heterocycles. The van der Waals surface area contributed by atoms with E-state index in [0.29, 0.717) is 18.5 Å². The number of rotatable bonds is 7. The van der Waals surface area contributed by atoms with Crippen molar-refractivity contribution in [3.8, 4) is 0 Å². The zero-order chi connectivity index (χ0) is 21.0. The van der Waals surface area contributed by atoms with Crippen LogP contribution < -0.4 is 11.1 Å². The molecule has 0 heterocycles. The molecular weight excluding hydrogens is 370 g/mol. The average molecular weight is 402 g/mol. The Balaban J connectivity index is 1.46. The van der Waals surface area contributed by atoms with Crippen LogP contribution in [0.15, 0.2) is 24.3 Å². The van der Waals surface area contributed by atoms with Crippen molar-refractivity contribution in [2.45, 2.75) is 57.0 Å².